The molecular formula is C9H19N3O4S. The van der Waals surface area contributed by atoms with E-state index >= 15 is 0 Å². The molecule has 0 rings (SSSR count). The van der Waals surface area contributed by atoms with Crippen molar-refractivity contribution in [3.63, 3.8) is 0 Å². The van der Waals surface area contributed by atoms with Gasteiger partial charge in [-0.2, -0.15) is 0 Å². The summed E-state index contributed by atoms with van der Waals surface area (Å²) in [6.07, 6.45) is 1.14. The summed E-state index contributed by atoms with van der Waals surface area (Å²) in [7, 11) is -3.13. The van der Waals surface area contributed by atoms with Crippen molar-refractivity contribution >= 4 is 21.7 Å². The van der Waals surface area contributed by atoms with E-state index < -0.39 is 33.7 Å². The van der Waals surface area contributed by atoms with E-state index in [1.807, 2.05) is 0 Å². The first-order chi connectivity index (χ1) is 7.61. The Morgan fingerprint density at radius 2 is 1.88 bits per heavy atom. The second-order valence-corrected chi connectivity index (χ2v) is 6.36. The summed E-state index contributed by atoms with van der Waals surface area (Å²) in [5.74, 6) is -1.16. The van der Waals surface area contributed by atoms with E-state index in [9.17, 15) is 18.0 Å². The third-order valence-corrected chi connectivity index (χ3v) is 3.01. The molecule has 2 amide bonds. The summed E-state index contributed by atoms with van der Waals surface area (Å²) in [5, 5.41) is 2.49. The zero-order valence-electron chi connectivity index (χ0n) is 9.97. The molecule has 0 aromatic rings. The van der Waals surface area contributed by atoms with Crippen LogP contribution in [0.1, 0.15) is 19.8 Å². The van der Waals surface area contributed by atoms with Gasteiger partial charge in [0.15, 0.2) is 0 Å². The molecule has 0 radical (unpaired) electrons. The molecule has 2 atom stereocenters. The highest BCUT2D eigenvalue weighted by Crippen LogP contribution is 1.96. The molecule has 17 heavy (non-hydrogen) atoms. The Morgan fingerprint density at radius 1 is 1.35 bits per heavy atom. The zero-order chi connectivity index (χ0) is 13.6. The van der Waals surface area contributed by atoms with Gasteiger partial charge in [-0.1, -0.05) is 0 Å². The van der Waals surface area contributed by atoms with Crippen LogP contribution < -0.4 is 16.8 Å². The lowest BCUT2D eigenvalue weighted by Crippen LogP contribution is -2.46. The first-order valence-electron chi connectivity index (χ1n) is 5.14. The normalized spacial score (nSPS) is 15.0. The highest BCUT2D eigenvalue weighted by atomic mass is 32.2. The number of nitrogens with one attached hydrogen (secondary N) is 1. The number of carbonyl (C=O) groups is 2. The van der Waals surface area contributed by atoms with Crippen LogP contribution in [-0.4, -0.2) is 44.3 Å². The first kappa shape index (κ1) is 15.9. The van der Waals surface area contributed by atoms with Crippen molar-refractivity contribution in [2.75, 3.05) is 12.0 Å². The van der Waals surface area contributed by atoms with Crippen LogP contribution >= 0.6 is 0 Å². The molecule has 7 nitrogen and oxygen atoms in total. The molecule has 0 heterocycles. The summed E-state index contributed by atoms with van der Waals surface area (Å²) in [6.45, 7) is 1.62. The second-order valence-electron chi connectivity index (χ2n) is 4.11. The Bertz CT molecular complexity index is 380. The molecule has 2 unspecified atom stereocenters. The van der Waals surface area contributed by atoms with E-state index in [-0.39, 0.29) is 18.6 Å². The molecule has 0 bridgehead atoms. The van der Waals surface area contributed by atoms with E-state index in [1.165, 1.54) is 0 Å². The molecule has 0 aliphatic rings. The number of amides is 2. The SMILES string of the molecule is CC(CC(N)=O)NC(=O)C(N)CCS(C)(=O)=O. The van der Waals surface area contributed by atoms with Crippen LogP contribution in [-0.2, 0) is 19.4 Å². The molecule has 5 N–H and O–H groups in total. The average Bonchev–Trinajstić information content (AvgIpc) is 2.11. The zero-order valence-corrected chi connectivity index (χ0v) is 10.8. The monoisotopic (exact) mass is 265 g/mol. The number of rotatable bonds is 7. The van der Waals surface area contributed by atoms with E-state index in [2.05, 4.69) is 5.32 Å². The van der Waals surface area contributed by atoms with E-state index in [4.69, 9.17) is 11.5 Å². The molecule has 0 aromatic carbocycles. The average molecular weight is 265 g/mol. The van der Waals surface area contributed by atoms with Gasteiger partial charge in [0.2, 0.25) is 11.8 Å². The smallest absolute Gasteiger partial charge is 0.237 e. The van der Waals surface area contributed by atoms with Crippen molar-refractivity contribution in [3.05, 3.63) is 0 Å². The number of nitrogens with two attached hydrogens (primary N) is 2. The van der Waals surface area contributed by atoms with Gasteiger partial charge in [0.25, 0.3) is 0 Å². The largest absolute Gasteiger partial charge is 0.370 e. The standard InChI is InChI=1S/C9H19N3O4S/c1-6(5-8(11)13)12-9(14)7(10)3-4-17(2,15)16/h6-7H,3-5,10H2,1-2H3,(H2,11,13)(H,12,14). The van der Waals surface area contributed by atoms with Crippen LogP contribution in [0.4, 0.5) is 0 Å². The van der Waals surface area contributed by atoms with Gasteiger partial charge < -0.3 is 16.8 Å². The molecule has 0 aliphatic heterocycles. The first-order valence-corrected chi connectivity index (χ1v) is 7.20. The molecule has 0 saturated heterocycles. The van der Waals surface area contributed by atoms with Gasteiger partial charge in [0.05, 0.1) is 11.8 Å². The summed E-state index contributed by atoms with van der Waals surface area (Å²) in [6, 6.07) is -1.32. The van der Waals surface area contributed by atoms with Gasteiger partial charge in [-0.15, -0.1) is 0 Å². The predicted molar refractivity (Wildman–Crippen MR) is 63.7 cm³/mol. The Balaban J connectivity index is 4.10. The van der Waals surface area contributed by atoms with E-state index in [0.717, 1.165) is 6.26 Å². The number of hydrogen-bond donors (Lipinski definition) is 3. The van der Waals surface area contributed by atoms with Gasteiger partial charge in [-0.25, -0.2) is 8.42 Å². The van der Waals surface area contributed by atoms with Crippen molar-refractivity contribution in [1.82, 2.24) is 5.32 Å². The highest BCUT2D eigenvalue weighted by molar-refractivity contribution is 7.90. The molecule has 8 heteroatoms. The van der Waals surface area contributed by atoms with Crippen molar-refractivity contribution in [2.24, 2.45) is 11.5 Å². The predicted octanol–water partition coefficient (Wildman–Crippen LogP) is -1.87. The Hall–Kier alpha value is -1.15. The molecule has 0 fully saturated rings. The summed E-state index contributed by atoms with van der Waals surface area (Å²) < 4.78 is 21.8. The summed E-state index contributed by atoms with van der Waals surface area (Å²) in [4.78, 5) is 22.0. The van der Waals surface area contributed by atoms with E-state index in [1.54, 1.807) is 6.92 Å². The minimum atomic E-state index is -3.13. The van der Waals surface area contributed by atoms with Crippen molar-refractivity contribution in [3.8, 4) is 0 Å². The Labute approximate surface area is 101 Å². The molecule has 0 saturated carbocycles. The van der Waals surface area contributed by atoms with E-state index in [0.29, 0.717) is 0 Å². The second kappa shape index (κ2) is 6.55. The fraction of sp³-hybridized carbons (Fsp3) is 0.778. The lowest BCUT2D eigenvalue weighted by atomic mass is 10.2. The van der Waals surface area contributed by atoms with Gasteiger partial charge >= 0.3 is 0 Å². The fourth-order valence-corrected chi connectivity index (χ4v) is 1.86. The summed E-state index contributed by atoms with van der Waals surface area (Å²) >= 11 is 0. The molecular weight excluding hydrogens is 246 g/mol. The van der Waals surface area contributed by atoms with Crippen LogP contribution in [0.15, 0.2) is 0 Å². The number of carbonyl (C=O) groups excluding carboxylic acids is 2. The Morgan fingerprint density at radius 3 is 2.29 bits per heavy atom. The minimum Gasteiger partial charge on any atom is -0.370 e. The maximum absolute atomic E-state index is 11.5. The molecule has 100 valence electrons. The maximum Gasteiger partial charge on any atom is 0.237 e. The topological polar surface area (TPSA) is 132 Å². The molecule has 0 aliphatic carbocycles. The third-order valence-electron chi connectivity index (χ3n) is 2.03. The molecule has 0 aromatic heterocycles. The van der Waals surface area contributed by atoms with Crippen LogP contribution in [0.3, 0.4) is 0 Å². The number of primary amides is 1. The number of hydrogen-bond acceptors (Lipinski definition) is 5. The third kappa shape index (κ3) is 8.64. The maximum atomic E-state index is 11.5. The van der Waals surface area contributed by atoms with Crippen molar-refractivity contribution in [1.29, 1.82) is 0 Å². The van der Waals surface area contributed by atoms with Crippen LogP contribution in [0.2, 0.25) is 0 Å². The van der Waals surface area contributed by atoms with Crippen molar-refractivity contribution < 1.29 is 18.0 Å². The lowest BCUT2D eigenvalue weighted by molar-refractivity contribution is -0.123. The van der Waals surface area contributed by atoms with Crippen LogP contribution in [0.25, 0.3) is 0 Å². The lowest BCUT2D eigenvalue weighted by Gasteiger charge is -2.16. The van der Waals surface area contributed by atoms with Crippen LogP contribution in [0.5, 0.6) is 0 Å². The molecule has 0 spiro atoms. The Kier molecular flexibility index (Phi) is 6.11. The quantitative estimate of drug-likeness (QED) is 0.496. The van der Waals surface area contributed by atoms with Crippen molar-refractivity contribution in [2.45, 2.75) is 31.8 Å². The highest BCUT2D eigenvalue weighted by Gasteiger charge is 2.18. The van der Waals surface area contributed by atoms with Gasteiger partial charge in [0.1, 0.15) is 9.84 Å². The van der Waals surface area contributed by atoms with Gasteiger partial charge in [-0.05, 0) is 13.3 Å². The van der Waals surface area contributed by atoms with Gasteiger partial charge in [0, 0.05) is 18.7 Å². The number of sulfone groups is 1. The fourth-order valence-electron chi connectivity index (χ4n) is 1.17. The van der Waals surface area contributed by atoms with Crippen LogP contribution in [0, 0.1) is 0 Å². The summed E-state index contributed by atoms with van der Waals surface area (Å²) in [5.41, 5.74) is 10.5. The van der Waals surface area contributed by atoms with Gasteiger partial charge in [-0.3, -0.25) is 9.59 Å². The minimum absolute atomic E-state index is 0.0184.